The Balaban J connectivity index is 2.61. The fraction of sp³-hybridized carbons (Fsp3) is 0.467. The van der Waals surface area contributed by atoms with Crippen molar-refractivity contribution in [1.29, 1.82) is 0 Å². The second kappa shape index (κ2) is 6.20. The molecule has 0 fully saturated rings. The van der Waals surface area contributed by atoms with Crippen LogP contribution in [-0.2, 0) is 4.43 Å². The molecule has 0 aliphatic heterocycles. The SMILES string of the molecule is CC(C)(C)[Si](C)(C)OCC#Cc1ccc([N+](=O)[O-])cc1. The minimum Gasteiger partial charge on any atom is -0.406 e. The summed E-state index contributed by atoms with van der Waals surface area (Å²) in [5.41, 5.74) is 0.836. The van der Waals surface area contributed by atoms with Gasteiger partial charge in [-0.25, -0.2) is 0 Å². The second-order valence-electron chi connectivity index (χ2n) is 6.15. The van der Waals surface area contributed by atoms with Gasteiger partial charge in [0.25, 0.3) is 5.69 Å². The van der Waals surface area contributed by atoms with Crippen molar-refractivity contribution < 1.29 is 9.35 Å². The average Bonchev–Trinajstić information content (AvgIpc) is 2.34. The minimum absolute atomic E-state index is 0.0769. The normalized spacial score (nSPS) is 11.7. The molecule has 0 aromatic heterocycles. The lowest BCUT2D eigenvalue weighted by molar-refractivity contribution is -0.384. The topological polar surface area (TPSA) is 52.4 Å². The number of nitro benzene ring substituents is 1. The molecule has 0 N–H and O–H groups in total. The van der Waals surface area contributed by atoms with E-state index < -0.39 is 13.2 Å². The van der Waals surface area contributed by atoms with Crippen LogP contribution in [0.5, 0.6) is 0 Å². The Hall–Kier alpha value is -1.64. The van der Waals surface area contributed by atoms with Crippen molar-refractivity contribution in [3.8, 4) is 11.8 Å². The molecule has 0 bridgehead atoms. The van der Waals surface area contributed by atoms with Gasteiger partial charge in [0.1, 0.15) is 0 Å². The number of hydrogen-bond acceptors (Lipinski definition) is 3. The largest absolute Gasteiger partial charge is 0.406 e. The molecule has 1 aromatic rings. The van der Waals surface area contributed by atoms with Crippen LogP contribution in [0.25, 0.3) is 0 Å². The predicted octanol–water partition coefficient (Wildman–Crippen LogP) is 3.97. The van der Waals surface area contributed by atoms with Gasteiger partial charge in [-0.15, -0.1) is 0 Å². The molecule has 20 heavy (non-hydrogen) atoms. The van der Waals surface area contributed by atoms with E-state index in [9.17, 15) is 10.1 Å². The van der Waals surface area contributed by atoms with Gasteiger partial charge in [0.15, 0.2) is 8.32 Å². The van der Waals surface area contributed by atoms with E-state index in [0.717, 1.165) is 5.56 Å². The first kappa shape index (κ1) is 16.4. The van der Waals surface area contributed by atoms with Crippen molar-refractivity contribution in [3.63, 3.8) is 0 Å². The zero-order chi connectivity index (χ0) is 15.4. The summed E-state index contributed by atoms with van der Waals surface area (Å²) in [6, 6.07) is 6.21. The van der Waals surface area contributed by atoms with Crippen LogP contribution in [0.2, 0.25) is 18.1 Å². The van der Waals surface area contributed by atoms with Gasteiger partial charge >= 0.3 is 0 Å². The molecule has 0 saturated heterocycles. The van der Waals surface area contributed by atoms with Crippen molar-refractivity contribution >= 4 is 14.0 Å². The smallest absolute Gasteiger partial charge is 0.269 e. The summed E-state index contributed by atoms with van der Waals surface area (Å²) in [4.78, 5) is 10.1. The first-order valence-corrected chi connectivity index (χ1v) is 9.41. The van der Waals surface area contributed by atoms with E-state index in [-0.39, 0.29) is 10.7 Å². The second-order valence-corrected chi connectivity index (χ2v) is 11.0. The molecule has 0 spiro atoms. The van der Waals surface area contributed by atoms with E-state index >= 15 is 0 Å². The van der Waals surface area contributed by atoms with Crippen LogP contribution in [0.3, 0.4) is 0 Å². The Kier molecular flexibility index (Phi) is 5.09. The van der Waals surface area contributed by atoms with Crippen LogP contribution in [0.15, 0.2) is 24.3 Å². The third-order valence-corrected chi connectivity index (χ3v) is 8.10. The van der Waals surface area contributed by atoms with Gasteiger partial charge in [0, 0.05) is 17.7 Å². The van der Waals surface area contributed by atoms with Crippen LogP contribution in [0, 0.1) is 22.0 Å². The summed E-state index contributed by atoms with van der Waals surface area (Å²) in [7, 11) is -1.76. The van der Waals surface area contributed by atoms with Crippen molar-refractivity contribution in [2.24, 2.45) is 0 Å². The van der Waals surface area contributed by atoms with Gasteiger partial charge in [-0.3, -0.25) is 10.1 Å². The molecule has 5 heteroatoms. The Labute approximate surface area is 121 Å². The summed E-state index contributed by atoms with van der Waals surface area (Å²) in [6.45, 7) is 11.3. The number of hydrogen-bond donors (Lipinski definition) is 0. The van der Waals surface area contributed by atoms with E-state index in [0.29, 0.717) is 6.61 Å². The molecule has 0 aliphatic rings. The third kappa shape index (κ3) is 4.48. The van der Waals surface area contributed by atoms with E-state index in [1.165, 1.54) is 12.1 Å². The Bertz CT molecular complexity index is 533. The standard InChI is InChI=1S/C15H21NO3Si/c1-15(2,3)20(4,5)19-12-6-7-13-8-10-14(11-9-13)16(17)18/h8-11H,12H2,1-5H3. The lowest BCUT2D eigenvalue weighted by atomic mass is 10.2. The van der Waals surface area contributed by atoms with Gasteiger partial charge in [-0.1, -0.05) is 32.6 Å². The maximum absolute atomic E-state index is 10.5. The molecule has 0 heterocycles. The first-order valence-electron chi connectivity index (χ1n) is 6.51. The quantitative estimate of drug-likeness (QED) is 0.366. The molecule has 0 aliphatic carbocycles. The van der Waals surface area contributed by atoms with E-state index in [1.807, 2.05) is 0 Å². The highest BCUT2D eigenvalue weighted by atomic mass is 28.4. The molecule has 0 unspecified atom stereocenters. The molecular formula is C15H21NO3Si. The van der Waals surface area contributed by atoms with Crippen LogP contribution in [0.4, 0.5) is 5.69 Å². The Morgan fingerprint density at radius 3 is 2.25 bits per heavy atom. The highest BCUT2D eigenvalue weighted by Gasteiger charge is 2.36. The zero-order valence-corrected chi connectivity index (χ0v) is 13.7. The molecule has 0 amide bonds. The van der Waals surface area contributed by atoms with Crippen molar-refractivity contribution in [2.75, 3.05) is 6.61 Å². The molecule has 108 valence electrons. The van der Waals surface area contributed by atoms with Crippen LogP contribution in [-0.4, -0.2) is 19.8 Å². The summed E-state index contributed by atoms with van der Waals surface area (Å²) < 4.78 is 5.93. The van der Waals surface area contributed by atoms with Gasteiger partial charge in [0.05, 0.1) is 11.5 Å². The Morgan fingerprint density at radius 2 is 1.80 bits per heavy atom. The molecule has 1 aromatic carbocycles. The first-order chi connectivity index (χ1) is 9.13. The molecule has 0 atom stereocenters. The van der Waals surface area contributed by atoms with Crippen molar-refractivity contribution in [1.82, 2.24) is 0 Å². The minimum atomic E-state index is -1.76. The molecule has 0 radical (unpaired) electrons. The summed E-state index contributed by atoms with van der Waals surface area (Å²) in [5, 5.41) is 10.7. The molecule has 0 saturated carbocycles. The lowest BCUT2D eigenvalue weighted by Crippen LogP contribution is -2.40. The predicted molar refractivity (Wildman–Crippen MR) is 83.1 cm³/mol. The van der Waals surface area contributed by atoms with E-state index in [2.05, 4.69) is 45.7 Å². The zero-order valence-electron chi connectivity index (χ0n) is 12.7. The van der Waals surface area contributed by atoms with Gasteiger partial charge in [-0.2, -0.15) is 0 Å². The van der Waals surface area contributed by atoms with Gasteiger partial charge in [0.2, 0.25) is 0 Å². The molecule has 4 nitrogen and oxygen atoms in total. The van der Waals surface area contributed by atoms with E-state index in [4.69, 9.17) is 4.43 Å². The van der Waals surface area contributed by atoms with E-state index in [1.54, 1.807) is 12.1 Å². The van der Waals surface area contributed by atoms with Gasteiger partial charge in [-0.05, 0) is 30.3 Å². The number of non-ortho nitro benzene ring substituents is 1. The summed E-state index contributed by atoms with van der Waals surface area (Å²) >= 11 is 0. The monoisotopic (exact) mass is 291 g/mol. The van der Waals surface area contributed by atoms with Crippen LogP contribution in [0.1, 0.15) is 26.3 Å². The number of nitrogens with zero attached hydrogens (tertiary/aromatic N) is 1. The molecular weight excluding hydrogens is 270 g/mol. The number of benzene rings is 1. The summed E-state index contributed by atoms with van der Waals surface area (Å²) in [5.74, 6) is 5.93. The fourth-order valence-electron chi connectivity index (χ4n) is 1.24. The Morgan fingerprint density at radius 1 is 1.25 bits per heavy atom. The highest BCUT2D eigenvalue weighted by Crippen LogP contribution is 2.36. The highest BCUT2D eigenvalue weighted by molar-refractivity contribution is 6.74. The maximum atomic E-state index is 10.5. The average molecular weight is 291 g/mol. The molecule has 1 rings (SSSR count). The third-order valence-electron chi connectivity index (χ3n) is 3.62. The van der Waals surface area contributed by atoms with Crippen LogP contribution >= 0.6 is 0 Å². The maximum Gasteiger partial charge on any atom is 0.269 e. The van der Waals surface area contributed by atoms with Crippen molar-refractivity contribution in [2.45, 2.75) is 38.9 Å². The lowest BCUT2D eigenvalue weighted by Gasteiger charge is -2.35. The number of rotatable bonds is 3. The number of nitro groups is 1. The summed E-state index contributed by atoms with van der Waals surface area (Å²) in [6.07, 6.45) is 0. The van der Waals surface area contributed by atoms with Gasteiger partial charge < -0.3 is 4.43 Å². The van der Waals surface area contributed by atoms with Crippen LogP contribution < -0.4 is 0 Å². The van der Waals surface area contributed by atoms with Crippen molar-refractivity contribution in [3.05, 3.63) is 39.9 Å². The fourth-order valence-corrected chi connectivity index (χ4v) is 2.10.